The van der Waals surface area contributed by atoms with Crippen LogP contribution in [0.5, 0.6) is 0 Å². The molecule has 1 N–H and O–H groups in total. The molecule has 23 heavy (non-hydrogen) atoms. The summed E-state index contributed by atoms with van der Waals surface area (Å²) >= 11 is 0. The van der Waals surface area contributed by atoms with Crippen LogP contribution in [0.25, 0.3) is 0 Å². The molecular weight excluding hydrogens is 293 g/mol. The lowest BCUT2D eigenvalue weighted by Crippen LogP contribution is -2.45. The maximum Gasteiger partial charge on any atom is 0.336 e. The molecule has 0 saturated carbocycles. The van der Waals surface area contributed by atoms with E-state index >= 15 is 0 Å². The lowest BCUT2D eigenvalue weighted by atomic mass is 9.86. The van der Waals surface area contributed by atoms with E-state index in [4.69, 9.17) is 4.74 Å². The van der Waals surface area contributed by atoms with Crippen molar-refractivity contribution in [2.24, 2.45) is 0 Å². The van der Waals surface area contributed by atoms with E-state index in [1.54, 1.807) is 12.1 Å². The summed E-state index contributed by atoms with van der Waals surface area (Å²) in [6, 6.07) is 15.4. The van der Waals surface area contributed by atoms with E-state index in [1.165, 1.54) is 12.1 Å². The maximum absolute atomic E-state index is 13.1. The molecule has 0 bridgehead atoms. The van der Waals surface area contributed by atoms with Crippen molar-refractivity contribution in [2.75, 3.05) is 5.32 Å². The number of nitrogens with one attached hydrogen (secondary N) is 1. The van der Waals surface area contributed by atoms with Crippen molar-refractivity contribution in [1.82, 2.24) is 0 Å². The summed E-state index contributed by atoms with van der Waals surface area (Å²) in [4.78, 5) is 12.8. The molecule has 2 rings (SSSR count). The van der Waals surface area contributed by atoms with Crippen molar-refractivity contribution in [3.8, 4) is 0 Å². The minimum atomic E-state index is -1.01. The fourth-order valence-electron chi connectivity index (χ4n) is 2.49. The molecule has 0 spiro atoms. The number of carbonyl (C=O) groups is 1. The van der Waals surface area contributed by atoms with Crippen molar-refractivity contribution in [2.45, 2.75) is 38.8 Å². The predicted molar refractivity (Wildman–Crippen MR) is 89.7 cm³/mol. The van der Waals surface area contributed by atoms with Crippen LogP contribution < -0.4 is 5.32 Å². The molecule has 0 fully saturated rings. The monoisotopic (exact) mass is 315 g/mol. The van der Waals surface area contributed by atoms with E-state index in [9.17, 15) is 9.18 Å². The van der Waals surface area contributed by atoms with Gasteiger partial charge >= 0.3 is 5.97 Å². The average Bonchev–Trinajstić information content (AvgIpc) is 2.54. The molecule has 0 aliphatic heterocycles. The maximum atomic E-state index is 13.1. The third-order valence-corrected chi connectivity index (χ3v) is 3.69. The highest BCUT2D eigenvalue weighted by molar-refractivity contribution is 5.86. The molecule has 3 nitrogen and oxygen atoms in total. The van der Waals surface area contributed by atoms with Gasteiger partial charge in [-0.05, 0) is 50.1 Å². The van der Waals surface area contributed by atoms with Gasteiger partial charge < -0.3 is 10.1 Å². The van der Waals surface area contributed by atoms with E-state index in [2.05, 4.69) is 5.32 Å². The summed E-state index contributed by atoms with van der Waals surface area (Å²) < 4.78 is 18.6. The Morgan fingerprint density at radius 2 is 1.74 bits per heavy atom. The fourth-order valence-corrected chi connectivity index (χ4v) is 2.49. The van der Waals surface area contributed by atoms with E-state index < -0.39 is 5.54 Å². The Morgan fingerprint density at radius 3 is 2.26 bits per heavy atom. The van der Waals surface area contributed by atoms with Crippen molar-refractivity contribution in [3.05, 3.63) is 66.0 Å². The second-order valence-electron chi connectivity index (χ2n) is 5.71. The first kappa shape index (κ1) is 17.0. The van der Waals surface area contributed by atoms with Gasteiger partial charge in [0.1, 0.15) is 5.82 Å². The molecule has 0 saturated heterocycles. The van der Waals surface area contributed by atoms with Crippen LogP contribution in [0.15, 0.2) is 54.6 Å². The van der Waals surface area contributed by atoms with Gasteiger partial charge in [-0.25, -0.2) is 9.18 Å². The summed E-state index contributed by atoms with van der Waals surface area (Å²) in [6.07, 6.45) is 0.284. The highest BCUT2D eigenvalue weighted by Crippen LogP contribution is 2.32. The summed E-state index contributed by atoms with van der Waals surface area (Å²) in [5, 5.41) is 3.25. The number of carbonyl (C=O) groups excluding carboxylic acids is 1. The van der Waals surface area contributed by atoms with Crippen LogP contribution in [-0.4, -0.2) is 12.1 Å². The zero-order valence-electron chi connectivity index (χ0n) is 13.7. The highest BCUT2D eigenvalue weighted by Gasteiger charge is 2.40. The van der Waals surface area contributed by atoms with E-state index in [0.717, 1.165) is 5.56 Å². The van der Waals surface area contributed by atoms with Crippen LogP contribution in [0.4, 0.5) is 10.1 Å². The molecule has 0 unspecified atom stereocenters. The minimum absolute atomic E-state index is 0.216. The Bertz CT molecular complexity index is 640. The molecule has 0 aromatic heterocycles. The average molecular weight is 315 g/mol. The quantitative estimate of drug-likeness (QED) is 0.798. The molecule has 4 heteroatoms. The number of anilines is 1. The normalized spacial score (nSPS) is 13.4. The van der Waals surface area contributed by atoms with Crippen LogP contribution in [0.3, 0.4) is 0 Å². The first-order chi connectivity index (χ1) is 11.0. The van der Waals surface area contributed by atoms with Gasteiger partial charge in [-0.1, -0.05) is 37.3 Å². The Morgan fingerprint density at radius 1 is 1.13 bits per heavy atom. The molecule has 2 aromatic carbocycles. The highest BCUT2D eigenvalue weighted by atomic mass is 19.1. The number of ether oxygens (including phenoxy) is 1. The number of esters is 1. The molecule has 0 aliphatic carbocycles. The Balaban J connectivity index is 2.44. The molecule has 2 aromatic rings. The largest absolute Gasteiger partial charge is 0.461 e. The van der Waals surface area contributed by atoms with Crippen LogP contribution in [0.2, 0.25) is 0 Å². The molecule has 122 valence electrons. The number of benzene rings is 2. The number of rotatable bonds is 6. The number of hydrogen-bond donors (Lipinski definition) is 1. The van der Waals surface area contributed by atoms with Crippen LogP contribution >= 0.6 is 0 Å². The topological polar surface area (TPSA) is 38.3 Å². The minimum Gasteiger partial charge on any atom is -0.461 e. The SMILES string of the molecule is CC[C@@](Nc1ccc(F)cc1)(C(=O)OC(C)C)c1ccccc1. The third-order valence-electron chi connectivity index (χ3n) is 3.69. The van der Waals surface area contributed by atoms with Gasteiger partial charge in [0.15, 0.2) is 5.54 Å². The van der Waals surface area contributed by atoms with Gasteiger partial charge in [-0.3, -0.25) is 0 Å². The van der Waals surface area contributed by atoms with Gasteiger partial charge in [0.05, 0.1) is 6.10 Å². The zero-order valence-corrected chi connectivity index (χ0v) is 13.7. The Hall–Kier alpha value is -2.36. The molecule has 0 amide bonds. The number of hydrogen-bond acceptors (Lipinski definition) is 3. The van der Waals surface area contributed by atoms with Crippen LogP contribution in [0.1, 0.15) is 32.8 Å². The van der Waals surface area contributed by atoms with Gasteiger partial charge in [0, 0.05) is 5.69 Å². The van der Waals surface area contributed by atoms with E-state index in [1.807, 2.05) is 51.1 Å². The van der Waals surface area contributed by atoms with E-state index in [-0.39, 0.29) is 17.9 Å². The molecule has 0 aliphatic rings. The first-order valence-corrected chi connectivity index (χ1v) is 7.78. The lowest BCUT2D eigenvalue weighted by molar-refractivity contribution is -0.153. The first-order valence-electron chi connectivity index (χ1n) is 7.78. The summed E-state index contributed by atoms with van der Waals surface area (Å²) in [5.74, 6) is -0.660. The Kier molecular flexibility index (Phi) is 5.37. The molecular formula is C19H22FNO2. The standard InChI is InChI=1S/C19H22FNO2/c1-4-19(18(22)23-14(2)3,15-8-6-5-7-9-15)21-17-12-10-16(20)11-13-17/h5-14,21H,4H2,1-3H3/t19-/m0/s1. The fraction of sp³-hybridized carbons (Fsp3) is 0.316. The van der Waals surface area contributed by atoms with Gasteiger partial charge in [-0.15, -0.1) is 0 Å². The van der Waals surface area contributed by atoms with Crippen LogP contribution in [-0.2, 0) is 15.1 Å². The zero-order chi connectivity index (χ0) is 16.9. The second-order valence-corrected chi connectivity index (χ2v) is 5.71. The summed E-state index contributed by atoms with van der Waals surface area (Å²) in [7, 11) is 0. The predicted octanol–water partition coefficient (Wildman–Crippen LogP) is 4.49. The third kappa shape index (κ3) is 3.89. The Labute approximate surface area is 136 Å². The van der Waals surface area contributed by atoms with Crippen molar-refractivity contribution < 1.29 is 13.9 Å². The molecule has 0 heterocycles. The van der Waals surface area contributed by atoms with Crippen LogP contribution in [0, 0.1) is 5.82 Å². The van der Waals surface area contributed by atoms with Gasteiger partial charge in [0.25, 0.3) is 0 Å². The molecule has 1 atom stereocenters. The molecule has 0 radical (unpaired) electrons. The van der Waals surface area contributed by atoms with Gasteiger partial charge in [-0.2, -0.15) is 0 Å². The summed E-state index contributed by atoms with van der Waals surface area (Å²) in [6.45, 7) is 5.56. The van der Waals surface area contributed by atoms with Gasteiger partial charge in [0.2, 0.25) is 0 Å². The van der Waals surface area contributed by atoms with Crippen molar-refractivity contribution in [1.29, 1.82) is 0 Å². The van der Waals surface area contributed by atoms with Crippen molar-refractivity contribution >= 4 is 11.7 Å². The smallest absolute Gasteiger partial charge is 0.336 e. The summed E-state index contributed by atoms with van der Waals surface area (Å²) in [5.41, 5.74) is 0.471. The number of halogens is 1. The second kappa shape index (κ2) is 7.27. The lowest BCUT2D eigenvalue weighted by Gasteiger charge is -2.33. The van der Waals surface area contributed by atoms with Crippen molar-refractivity contribution in [3.63, 3.8) is 0 Å². The van der Waals surface area contributed by atoms with E-state index in [0.29, 0.717) is 12.1 Å².